The number of Topliss-reactive ketones (excluding diaryl/α,β-unsaturated/α-hetero) is 1. The van der Waals surface area contributed by atoms with Gasteiger partial charge in [-0.1, -0.05) is 12.2 Å². The minimum Gasteiger partial charge on any atom is -0.459 e. The molecule has 3 heteroatoms. The summed E-state index contributed by atoms with van der Waals surface area (Å²) in [4.78, 5) is 25.1. The van der Waals surface area contributed by atoms with E-state index in [9.17, 15) is 9.59 Å². The normalized spacial score (nSPS) is 48.7. The molecule has 4 aliphatic rings. The number of esters is 1. The molecule has 23 heavy (non-hydrogen) atoms. The Hall–Kier alpha value is -1.12. The van der Waals surface area contributed by atoms with Gasteiger partial charge in [0, 0.05) is 17.8 Å². The van der Waals surface area contributed by atoms with Crippen LogP contribution in [-0.2, 0) is 14.3 Å². The molecule has 0 N–H and O–H groups in total. The molecule has 1 heterocycles. The van der Waals surface area contributed by atoms with Gasteiger partial charge in [-0.15, -0.1) is 0 Å². The van der Waals surface area contributed by atoms with E-state index in [0.717, 1.165) is 57.8 Å². The number of carbonyl (C=O) groups excluding carboxylic acids is 2. The second kappa shape index (κ2) is 4.70. The third-order valence-corrected chi connectivity index (χ3v) is 7.67. The second-order valence-corrected chi connectivity index (χ2v) is 9.04. The van der Waals surface area contributed by atoms with Gasteiger partial charge in [-0.25, -0.2) is 0 Å². The number of ketones is 1. The number of hydrogen-bond donors (Lipinski definition) is 0. The maximum absolute atomic E-state index is 12.7. The Morgan fingerprint density at radius 1 is 1.26 bits per heavy atom. The number of carbonyl (C=O) groups is 2. The lowest BCUT2D eigenvalue weighted by molar-refractivity contribution is -0.151. The van der Waals surface area contributed by atoms with Gasteiger partial charge in [0.25, 0.3) is 0 Å². The van der Waals surface area contributed by atoms with E-state index in [1.807, 2.05) is 0 Å². The van der Waals surface area contributed by atoms with Crippen molar-refractivity contribution in [2.24, 2.45) is 22.7 Å². The highest BCUT2D eigenvalue weighted by molar-refractivity contribution is 5.87. The van der Waals surface area contributed by atoms with Gasteiger partial charge < -0.3 is 4.74 Å². The monoisotopic (exact) mass is 316 g/mol. The molecule has 0 aromatic heterocycles. The van der Waals surface area contributed by atoms with E-state index in [1.165, 1.54) is 5.57 Å². The predicted molar refractivity (Wildman–Crippen MR) is 87.7 cm³/mol. The lowest BCUT2D eigenvalue weighted by atomic mass is 9.60. The maximum Gasteiger partial charge on any atom is 0.312 e. The molecule has 5 atom stereocenters. The van der Waals surface area contributed by atoms with Crippen molar-refractivity contribution in [1.82, 2.24) is 0 Å². The molecule has 1 saturated heterocycles. The molecule has 4 rings (SSSR count). The van der Waals surface area contributed by atoms with Gasteiger partial charge in [-0.2, -0.15) is 0 Å². The molecule has 0 unspecified atom stereocenters. The molecular formula is C20H28O3. The predicted octanol–water partition coefficient (Wildman–Crippen LogP) is 4.20. The van der Waals surface area contributed by atoms with Gasteiger partial charge in [0.1, 0.15) is 11.4 Å². The number of rotatable bonds is 3. The second-order valence-electron chi connectivity index (χ2n) is 9.04. The first-order chi connectivity index (χ1) is 10.8. The summed E-state index contributed by atoms with van der Waals surface area (Å²) in [5, 5.41) is 0. The van der Waals surface area contributed by atoms with Gasteiger partial charge in [-0.3, -0.25) is 9.59 Å². The van der Waals surface area contributed by atoms with Gasteiger partial charge in [0.05, 0.1) is 5.41 Å². The van der Waals surface area contributed by atoms with Gasteiger partial charge in [0.2, 0.25) is 0 Å². The Morgan fingerprint density at radius 3 is 2.78 bits per heavy atom. The molecule has 1 aliphatic heterocycles. The molecule has 0 aromatic rings. The Bertz CT molecular complexity index is 594. The minimum absolute atomic E-state index is 0.0105. The highest BCUT2D eigenvalue weighted by atomic mass is 16.6. The minimum atomic E-state index is -0.337. The fourth-order valence-electron chi connectivity index (χ4n) is 6.25. The molecule has 3 nitrogen and oxygen atoms in total. The standard InChI is InChI=1S/C20H28O3/c1-13-11-20(12-14(13)5-6-16(20)21)10-7-15-18(2)8-4-9-19(15,3)23-17(18)22/h14-15H,1,4-12H2,2-3H3/t14-,15-,18-,19+,20-/m1/s1. The first-order valence-electron chi connectivity index (χ1n) is 9.24. The van der Waals surface area contributed by atoms with Crippen molar-refractivity contribution < 1.29 is 14.3 Å². The summed E-state index contributed by atoms with van der Waals surface area (Å²) < 4.78 is 5.81. The Labute approximate surface area is 138 Å². The zero-order chi connectivity index (χ0) is 16.5. The topological polar surface area (TPSA) is 43.4 Å². The molecule has 4 bridgehead atoms. The summed E-state index contributed by atoms with van der Waals surface area (Å²) in [5.74, 6) is 1.24. The van der Waals surface area contributed by atoms with Crippen molar-refractivity contribution in [1.29, 1.82) is 0 Å². The van der Waals surface area contributed by atoms with Crippen LogP contribution in [0.5, 0.6) is 0 Å². The molecule has 3 saturated carbocycles. The average molecular weight is 316 g/mol. The van der Waals surface area contributed by atoms with Crippen LogP contribution in [0.15, 0.2) is 12.2 Å². The number of allylic oxidation sites excluding steroid dienone is 1. The third kappa shape index (κ3) is 2.01. The van der Waals surface area contributed by atoms with Crippen LogP contribution >= 0.6 is 0 Å². The van der Waals surface area contributed by atoms with E-state index in [4.69, 9.17) is 4.74 Å². The Morgan fingerprint density at radius 2 is 2.04 bits per heavy atom. The molecule has 0 amide bonds. The van der Waals surface area contributed by atoms with Crippen molar-refractivity contribution in [3.63, 3.8) is 0 Å². The Balaban J connectivity index is 1.56. The lowest BCUT2D eigenvalue weighted by Crippen LogP contribution is -2.43. The van der Waals surface area contributed by atoms with Crippen molar-refractivity contribution in [2.75, 3.05) is 0 Å². The zero-order valence-electron chi connectivity index (χ0n) is 14.5. The summed E-state index contributed by atoms with van der Waals surface area (Å²) in [7, 11) is 0. The van der Waals surface area contributed by atoms with Crippen molar-refractivity contribution in [2.45, 2.75) is 77.2 Å². The molecule has 0 spiro atoms. The van der Waals surface area contributed by atoms with Gasteiger partial charge in [-0.05, 0) is 71.1 Å². The molecular weight excluding hydrogens is 288 g/mol. The van der Waals surface area contributed by atoms with E-state index in [-0.39, 0.29) is 28.3 Å². The maximum atomic E-state index is 12.7. The SMILES string of the molecule is C=C1C[C@]2(CC[C@@H]3[C@@]4(C)CCC[C@]3(C)OC4=O)C[C@H]1CCC2=O. The number of ether oxygens (including phenoxy) is 1. The fourth-order valence-corrected chi connectivity index (χ4v) is 6.25. The van der Waals surface area contributed by atoms with Crippen LogP contribution in [0.3, 0.4) is 0 Å². The van der Waals surface area contributed by atoms with E-state index in [1.54, 1.807) is 0 Å². The summed E-state index contributed by atoms with van der Waals surface area (Å²) >= 11 is 0. The average Bonchev–Trinajstić information content (AvgIpc) is 2.80. The Kier molecular flexibility index (Phi) is 3.15. The summed E-state index contributed by atoms with van der Waals surface area (Å²) in [6.07, 6.45) is 8.41. The largest absolute Gasteiger partial charge is 0.459 e. The highest BCUT2D eigenvalue weighted by Crippen LogP contribution is 2.60. The van der Waals surface area contributed by atoms with Crippen LogP contribution < -0.4 is 0 Å². The van der Waals surface area contributed by atoms with Gasteiger partial charge in [0.15, 0.2) is 0 Å². The molecule has 126 valence electrons. The van der Waals surface area contributed by atoms with E-state index in [2.05, 4.69) is 20.4 Å². The van der Waals surface area contributed by atoms with Crippen LogP contribution in [0.4, 0.5) is 0 Å². The molecule has 4 fully saturated rings. The number of fused-ring (bicyclic) bond motifs is 4. The van der Waals surface area contributed by atoms with E-state index < -0.39 is 0 Å². The van der Waals surface area contributed by atoms with Crippen LogP contribution in [0.25, 0.3) is 0 Å². The highest BCUT2D eigenvalue weighted by Gasteiger charge is 2.62. The van der Waals surface area contributed by atoms with Crippen LogP contribution in [0.1, 0.15) is 71.6 Å². The summed E-state index contributed by atoms with van der Waals surface area (Å²) in [6, 6.07) is 0. The number of hydrogen-bond acceptors (Lipinski definition) is 3. The first-order valence-corrected chi connectivity index (χ1v) is 9.24. The van der Waals surface area contributed by atoms with E-state index >= 15 is 0 Å². The van der Waals surface area contributed by atoms with Gasteiger partial charge >= 0.3 is 5.97 Å². The van der Waals surface area contributed by atoms with Crippen molar-refractivity contribution in [3.8, 4) is 0 Å². The van der Waals surface area contributed by atoms with E-state index in [0.29, 0.717) is 11.7 Å². The van der Waals surface area contributed by atoms with Crippen molar-refractivity contribution in [3.05, 3.63) is 12.2 Å². The van der Waals surface area contributed by atoms with Crippen LogP contribution in [-0.4, -0.2) is 17.4 Å². The molecule has 0 aromatic carbocycles. The quantitative estimate of drug-likeness (QED) is 0.579. The molecule has 3 aliphatic carbocycles. The van der Waals surface area contributed by atoms with Crippen molar-refractivity contribution >= 4 is 11.8 Å². The smallest absolute Gasteiger partial charge is 0.312 e. The third-order valence-electron chi connectivity index (χ3n) is 7.67. The first kappa shape index (κ1) is 15.4. The summed E-state index contributed by atoms with van der Waals surface area (Å²) in [6.45, 7) is 8.41. The van der Waals surface area contributed by atoms with Crippen LogP contribution in [0.2, 0.25) is 0 Å². The zero-order valence-corrected chi connectivity index (χ0v) is 14.5. The fraction of sp³-hybridized carbons (Fsp3) is 0.800. The molecule has 0 radical (unpaired) electrons. The van der Waals surface area contributed by atoms with Crippen LogP contribution in [0, 0.1) is 22.7 Å². The summed E-state index contributed by atoms with van der Waals surface area (Å²) in [5.41, 5.74) is 0.462. The lowest BCUT2D eigenvalue weighted by Gasteiger charge is -2.41.